The minimum Gasteiger partial charge on any atom is -0.390 e. The molecule has 0 aliphatic rings. The zero-order valence-corrected chi connectivity index (χ0v) is 7.45. The molecule has 0 atom stereocenters. The lowest BCUT2D eigenvalue weighted by Gasteiger charge is -1.93. The third-order valence-corrected chi connectivity index (χ3v) is 1.11. The summed E-state index contributed by atoms with van der Waals surface area (Å²) in [5, 5.41) is 8.60. The van der Waals surface area contributed by atoms with Crippen molar-refractivity contribution in [2.24, 2.45) is 0 Å². The predicted molar refractivity (Wildman–Crippen MR) is 45.2 cm³/mol. The zero-order chi connectivity index (χ0) is 6.69. The van der Waals surface area contributed by atoms with Crippen molar-refractivity contribution in [1.29, 1.82) is 0 Å². The Morgan fingerprint density at radius 2 is 2.20 bits per heavy atom. The quantitative estimate of drug-likeness (QED) is 0.751. The van der Waals surface area contributed by atoms with E-state index in [1.807, 2.05) is 19.1 Å². The number of nitrogens with zero attached hydrogens (tertiary/aromatic N) is 1. The first kappa shape index (κ1) is 9.59. The Bertz CT molecular complexity index is 203. The molecule has 0 aliphatic heterocycles. The maximum atomic E-state index is 8.60. The van der Waals surface area contributed by atoms with Crippen LogP contribution >= 0.6 is 17.0 Å². The van der Waals surface area contributed by atoms with Gasteiger partial charge in [-0.1, -0.05) is 6.07 Å². The number of aryl methyl sites for hydroxylation is 1. The van der Waals surface area contributed by atoms with Crippen LogP contribution in [0, 0.1) is 6.92 Å². The summed E-state index contributed by atoms with van der Waals surface area (Å²) in [7, 11) is 0. The van der Waals surface area contributed by atoms with Crippen LogP contribution in [0.1, 0.15) is 11.4 Å². The van der Waals surface area contributed by atoms with Gasteiger partial charge in [0.2, 0.25) is 0 Å². The van der Waals surface area contributed by atoms with Gasteiger partial charge in [0.05, 0.1) is 12.3 Å². The van der Waals surface area contributed by atoms with Crippen molar-refractivity contribution in [3.63, 3.8) is 0 Å². The first-order chi connectivity index (χ1) is 4.33. The second kappa shape index (κ2) is 4.41. The molecule has 1 aromatic rings. The summed E-state index contributed by atoms with van der Waals surface area (Å²) in [6, 6.07) is 5.58. The van der Waals surface area contributed by atoms with E-state index in [1.54, 1.807) is 6.07 Å². The van der Waals surface area contributed by atoms with Crippen LogP contribution in [0.2, 0.25) is 0 Å². The van der Waals surface area contributed by atoms with E-state index >= 15 is 0 Å². The molecule has 0 radical (unpaired) electrons. The van der Waals surface area contributed by atoms with E-state index in [0.717, 1.165) is 11.4 Å². The Balaban J connectivity index is 0.000000810. The largest absolute Gasteiger partial charge is 0.390 e. The van der Waals surface area contributed by atoms with Crippen molar-refractivity contribution in [2.45, 2.75) is 13.5 Å². The summed E-state index contributed by atoms with van der Waals surface area (Å²) >= 11 is 0. The molecule has 0 amide bonds. The van der Waals surface area contributed by atoms with Crippen LogP contribution < -0.4 is 0 Å². The monoisotopic (exact) mass is 203 g/mol. The average molecular weight is 204 g/mol. The summed E-state index contributed by atoms with van der Waals surface area (Å²) in [5.74, 6) is 0. The van der Waals surface area contributed by atoms with Crippen molar-refractivity contribution < 1.29 is 5.11 Å². The molecule has 3 heteroatoms. The number of hydrogen-bond acceptors (Lipinski definition) is 2. The van der Waals surface area contributed by atoms with Gasteiger partial charge in [-0.25, -0.2) is 0 Å². The molecule has 0 unspecified atom stereocenters. The minimum absolute atomic E-state index is 0. The summed E-state index contributed by atoms with van der Waals surface area (Å²) < 4.78 is 0. The Labute approximate surface area is 70.7 Å². The molecule has 1 heterocycles. The number of aliphatic hydroxyl groups is 1. The van der Waals surface area contributed by atoms with Crippen LogP contribution in [0.4, 0.5) is 0 Å². The number of aliphatic hydroxyl groups excluding tert-OH is 1. The number of halogens is 1. The van der Waals surface area contributed by atoms with E-state index < -0.39 is 0 Å². The van der Waals surface area contributed by atoms with Crippen molar-refractivity contribution in [3.8, 4) is 0 Å². The van der Waals surface area contributed by atoms with Gasteiger partial charge in [0.15, 0.2) is 0 Å². The van der Waals surface area contributed by atoms with Gasteiger partial charge in [0, 0.05) is 5.69 Å². The van der Waals surface area contributed by atoms with Gasteiger partial charge in [0.25, 0.3) is 0 Å². The van der Waals surface area contributed by atoms with E-state index in [0.29, 0.717) is 0 Å². The summed E-state index contributed by atoms with van der Waals surface area (Å²) in [6.07, 6.45) is 0. The molecule has 2 nitrogen and oxygen atoms in total. The summed E-state index contributed by atoms with van der Waals surface area (Å²) in [5.41, 5.74) is 1.68. The first-order valence-corrected chi connectivity index (χ1v) is 2.86. The van der Waals surface area contributed by atoms with Gasteiger partial charge >= 0.3 is 0 Å². The van der Waals surface area contributed by atoms with Crippen molar-refractivity contribution in [3.05, 3.63) is 29.6 Å². The number of pyridine rings is 1. The van der Waals surface area contributed by atoms with E-state index in [9.17, 15) is 0 Å². The van der Waals surface area contributed by atoms with Crippen LogP contribution in [0.15, 0.2) is 18.2 Å². The molecule has 0 saturated carbocycles. The van der Waals surface area contributed by atoms with Gasteiger partial charge in [-0.15, -0.1) is 17.0 Å². The highest BCUT2D eigenvalue weighted by atomic mass is 79.9. The van der Waals surface area contributed by atoms with E-state index in [2.05, 4.69) is 4.98 Å². The first-order valence-electron chi connectivity index (χ1n) is 2.86. The maximum Gasteiger partial charge on any atom is 0.0853 e. The van der Waals surface area contributed by atoms with Crippen molar-refractivity contribution in [2.75, 3.05) is 0 Å². The molecule has 0 spiro atoms. The topological polar surface area (TPSA) is 33.1 Å². The van der Waals surface area contributed by atoms with Crippen LogP contribution in [0.5, 0.6) is 0 Å². The third kappa shape index (κ3) is 2.45. The average Bonchev–Trinajstić information content (AvgIpc) is 1.88. The van der Waals surface area contributed by atoms with Gasteiger partial charge in [-0.05, 0) is 19.1 Å². The molecule has 0 aromatic carbocycles. The Morgan fingerprint density at radius 1 is 1.50 bits per heavy atom. The Kier molecular flexibility index (Phi) is 4.23. The number of rotatable bonds is 1. The number of aromatic nitrogens is 1. The lowest BCUT2D eigenvalue weighted by molar-refractivity contribution is 0.276. The molecule has 56 valence electrons. The van der Waals surface area contributed by atoms with Crippen molar-refractivity contribution >= 4 is 17.0 Å². The van der Waals surface area contributed by atoms with Gasteiger partial charge < -0.3 is 5.11 Å². The fraction of sp³-hybridized carbons (Fsp3) is 0.286. The molecule has 0 aliphatic carbocycles. The number of hydrogen-bond donors (Lipinski definition) is 1. The second-order valence-corrected chi connectivity index (χ2v) is 1.93. The highest BCUT2D eigenvalue weighted by Crippen LogP contribution is 1.96. The van der Waals surface area contributed by atoms with E-state index in [4.69, 9.17) is 5.11 Å². The molecule has 0 saturated heterocycles. The standard InChI is InChI=1S/C7H9NO.BrH/c1-6-3-2-4-7(5-9)8-6;/h2-4,9H,5H2,1H3;1H. The van der Waals surface area contributed by atoms with Gasteiger partial charge in [-0.3, -0.25) is 4.98 Å². The lowest BCUT2D eigenvalue weighted by Crippen LogP contribution is -1.89. The van der Waals surface area contributed by atoms with E-state index in [-0.39, 0.29) is 23.6 Å². The summed E-state index contributed by atoms with van der Waals surface area (Å²) in [4.78, 5) is 4.04. The fourth-order valence-corrected chi connectivity index (χ4v) is 0.688. The van der Waals surface area contributed by atoms with E-state index in [1.165, 1.54) is 0 Å². The fourth-order valence-electron chi connectivity index (χ4n) is 0.688. The van der Waals surface area contributed by atoms with Gasteiger partial charge in [0.1, 0.15) is 0 Å². The molecule has 1 rings (SSSR count). The second-order valence-electron chi connectivity index (χ2n) is 1.93. The molecule has 0 bridgehead atoms. The smallest absolute Gasteiger partial charge is 0.0853 e. The van der Waals surface area contributed by atoms with Gasteiger partial charge in [-0.2, -0.15) is 0 Å². The normalized spacial score (nSPS) is 8.60. The molecular formula is C7H10BrNO. The molecule has 1 N–H and O–H groups in total. The maximum absolute atomic E-state index is 8.60. The molecular weight excluding hydrogens is 194 g/mol. The molecule has 1 aromatic heterocycles. The minimum atomic E-state index is 0. The zero-order valence-electron chi connectivity index (χ0n) is 5.74. The van der Waals surface area contributed by atoms with Crippen molar-refractivity contribution in [1.82, 2.24) is 4.98 Å². The highest BCUT2D eigenvalue weighted by Gasteiger charge is 1.88. The Morgan fingerprint density at radius 3 is 2.60 bits per heavy atom. The van der Waals surface area contributed by atoms with Crippen LogP contribution in [0.3, 0.4) is 0 Å². The summed E-state index contributed by atoms with van der Waals surface area (Å²) in [6.45, 7) is 1.93. The molecule has 10 heavy (non-hydrogen) atoms. The SMILES string of the molecule is Br.Cc1cccc(CO)n1. The van der Waals surface area contributed by atoms with Crippen LogP contribution in [-0.4, -0.2) is 10.1 Å². The highest BCUT2D eigenvalue weighted by molar-refractivity contribution is 8.93. The third-order valence-electron chi connectivity index (χ3n) is 1.11. The van der Waals surface area contributed by atoms with Crippen LogP contribution in [-0.2, 0) is 6.61 Å². The lowest BCUT2D eigenvalue weighted by atomic mass is 10.3. The van der Waals surface area contributed by atoms with Crippen LogP contribution in [0.25, 0.3) is 0 Å². The molecule has 0 fully saturated rings. The Hall–Kier alpha value is -0.410. The predicted octanol–water partition coefficient (Wildman–Crippen LogP) is 1.46.